The lowest BCUT2D eigenvalue weighted by atomic mass is 10.0. The molecule has 2 aromatic carbocycles. The summed E-state index contributed by atoms with van der Waals surface area (Å²) in [6.07, 6.45) is 0. The number of carbonyl (C=O) groups excluding carboxylic acids is 2. The van der Waals surface area contributed by atoms with E-state index in [9.17, 15) is 29.8 Å². The molecule has 1 aromatic heterocycles. The van der Waals surface area contributed by atoms with Gasteiger partial charge in [0, 0.05) is 22.6 Å². The van der Waals surface area contributed by atoms with Crippen LogP contribution in [0.25, 0.3) is 11.1 Å². The standard InChI is InChI=1S/C21H17N3O7S/c1-11-15(23(27)28)9-14(10-16(11)24(29)30)19(25)22-20-18(21(26)31-3)17(12(2)32-20)13-7-5-4-6-8-13/h4-10H,1-3H3,(H,22,25). The third kappa shape index (κ3) is 4.18. The topological polar surface area (TPSA) is 142 Å². The molecule has 10 nitrogen and oxygen atoms in total. The Kier molecular flexibility index (Phi) is 6.30. The van der Waals surface area contributed by atoms with Crippen LogP contribution in [0.15, 0.2) is 42.5 Å². The van der Waals surface area contributed by atoms with E-state index in [2.05, 4.69) is 5.32 Å². The Morgan fingerprint density at radius 2 is 1.56 bits per heavy atom. The lowest BCUT2D eigenvalue weighted by Gasteiger charge is -2.09. The molecular formula is C21H17N3O7S. The maximum Gasteiger partial charge on any atom is 0.341 e. The van der Waals surface area contributed by atoms with Crippen LogP contribution in [0.1, 0.15) is 31.2 Å². The number of esters is 1. The molecule has 1 amide bonds. The fraction of sp³-hybridized carbons (Fsp3) is 0.143. The van der Waals surface area contributed by atoms with E-state index in [4.69, 9.17) is 4.74 Å². The number of carbonyl (C=O) groups is 2. The second-order valence-electron chi connectivity index (χ2n) is 6.70. The van der Waals surface area contributed by atoms with E-state index in [1.165, 1.54) is 14.0 Å². The minimum Gasteiger partial charge on any atom is -0.465 e. The minimum atomic E-state index is -0.831. The highest BCUT2D eigenvalue weighted by Crippen LogP contribution is 2.40. The van der Waals surface area contributed by atoms with Gasteiger partial charge in [0.15, 0.2) is 0 Å². The zero-order valence-electron chi connectivity index (χ0n) is 17.2. The molecule has 3 rings (SSSR count). The van der Waals surface area contributed by atoms with Crippen molar-refractivity contribution in [3.8, 4) is 11.1 Å². The van der Waals surface area contributed by atoms with Crippen LogP contribution < -0.4 is 5.32 Å². The van der Waals surface area contributed by atoms with Crippen LogP contribution in [0.4, 0.5) is 16.4 Å². The lowest BCUT2D eigenvalue weighted by molar-refractivity contribution is -0.395. The number of hydrogen-bond acceptors (Lipinski definition) is 8. The molecule has 164 valence electrons. The normalized spacial score (nSPS) is 10.5. The van der Waals surface area contributed by atoms with Gasteiger partial charge in [-0.05, 0) is 19.4 Å². The van der Waals surface area contributed by atoms with Crippen molar-refractivity contribution >= 4 is 39.6 Å². The van der Waals surface area contributed by atoms with Gasteiger partial charge < -0.3 is 10.1 Å². The Balaban J connectivity index is 2.10. The second kappa shape index (κ2) is 8.94. The monoisotopic (exact) mass is 455 g/mol. The average molecular weight is 455 g/mol. The summed E-state index contributed by atoms with van der Waals surface area (Å²) in [4.78, 5) is 47.2. The molecule has 0 aliphatic rings. The van der Waals surface area contributed by atoms with Crippen molar-refractivity contribution in [2.75, 3.05) is 12.4 Å². The SMILES string of the molecule is COC(=O)c1c(NC(=O)c2cc([N+](=O)[O-])c(C)c([N+](=O)[O-])c2)sc(C)c1-c1ccccc1. The Bertz CT molecular complexity index is 1220. The maximum atomic E-state index is 12.9. The summed E-state index contributed by atoms with van der Waals surface area (Å²) in [5.74, 6) is -1.51. The van der Waals surface area contributed by atoms with Crippen molar-refractivity contribution in [3.05, 3.63) is 84.3 Å². The van der Waals surface area contributed by atoms with Gasteiger partial charge in [0.25, 0.3) is 17.3 Å². The fourth-order valence-electron chi connectivity index (χ4n) is 3.25. The van der Waals surface area contributed by atoms with E-state index in [0.717, 1.165) is 33.9 Å². The molecule has 0 bridgehead atoms. The smallest absolute Gasteiger partial charge is 0.341 e. The summed E-state index contributed by atoms with van der Waals surface area (Å²) in [6.45, 7) is 3.01. The molecule has 0 saturated carbocycles. The highest BCUT2D eigenvalue weighted by Gasteiger charge is 2.28. The number of anilines is 1. The van der Waals surface area contributed by atoms with Crippen molar-refractivity contribution in [2.45, 2.75) is 13.8 Å². The van der Waals surface area contributed by atoms with Gasteiger partial charge in [-0.25, -0.2) is 4.79 Å². The van der Waals surface area contributed by atoms with Gasteiger partial charge in [-0.2, -0.15) is 0 Å². The number of amides is 1. The lowest BCUT2D eigenvalue weighted by Crippen LogP contribution is -2.15. The zero-order chi connectivity index (χ0) is 23.6. The van der Waals surface area contributed by atoms with Crippen molar-refractivity contribution in [1.82, 2.24) is 0 Å². The van der Waals surface area contributed by atoms with E-state index in [1.807, 2.05) is 6.07 Å². The van der Waals surface area contributed by atoms with Crippen LogP contribution >= 0.6 is 11.3 Å². The number of nitrogens with zero attached hydrogens (tertiary/aromatic N) is 2. The Morgan fingerprint density at radius 3 is 2.06 bits per heavy atom. The van der Waals surface area contributed by atoms with Crippen LogP contribution in [0.3, 0.4) is 0 Å². The number of aryl methyl sites for hydroxylation is 1. The summed E-state index contributed by atoms with van der Waals surface area (Å²) < 4.78 is 4.89. The van der Waals surface area contributed by atoms with E-state index in [1.54, 1.807) is 31.2 Å². The summed E-state index contributed by atoms with van der Waals surface area (Å²) >= 11 is 1.13. The largest absolute Gasteiger partial charge is 0.465 e. The molecule has 0 spiro atoms. The van der Waals surface area contributed by atoms with E-state index in [-0.39, 0.29) is 21.7 Å². The molecule has 0 aliphatic heterocycles. The van der Waals surface area contributed by atoms with Crippen LogP contribution in [-0.4, -0.2) is 28.8 Å². The van der Waals surface area contributed by atoms with Crippen molar-refractivity contribution in [1.29, 1.82) is 0 Å². The summed E-state index contributed by atoms with van der Waals surface area (Å²) in [6, 6.07) is 11.0. The quantitative estimate of drug-likeness (QED) is 0.317. The van der Waals surface area contributed by atoms with Crippen LogP contribution in [0.2, 0.25) is 0 Å². The Hall–Kier alpha value is -4.12. The van der Waals surface area contributed by atoms with Gasteiger partial charge >= 0.3 is 5.97 Å². The molecule has 11 heteroatoms. The first kappa shape index (κ1) is 22.6. The summed E-state index contributed by atoms with van der Waals surface area (Å²) in [7, 11) is 1.21. The number of rotatable bonds is 6. The molecule has 0 radical (unpaired) electrons. The van der Waals surface area contributed by atoms with Crippen LogP contribution in [0.5, 0.6) is 0 Å². The molecule has 0 atom stereocenters. The first-order chi connectivity index (χ1) is 15.1. The number of thiophene rings is 1. The molecule has 3 aromatic rings. The molecule has 1 heterocycles. The maximum absolute atomic E-state index is 12.9. The molecular weight excluding hydrogens is 438 g/mol. The number of ether oxygens (including phenoxy) is 1. The highest BCUT2D eigenvalue weighted by atomic mass is 32.1. The van der Waals surface area contributed by atoms with E-state index < -0.39 is 33.1 Å². The number of nitrogens with one attached hydrogen (secondary N) is 1. The predicted molar refractivity (Wildman–Crippen MR) is 118 cm³/mol. The third-order valence-corrected chi connectivity index (χ3v) is 5.79. The van der Waals surface area contributed by atoms with E-state index in [0.29, 0.717) is 5.56 Å². The van der Waals surface area contributed by atoms with Gasteiger partial charge in [0.2, 0.25) is 0 Å². The Morgan fingerprint density at radius 1 is 1.00 bits per heavy atom. The summed E-state index contributed by atoms with van der Waals surface area (Å²) in [5.41, 5.74) is -0.0925. The molecule has 0 saturated heterocycles. The van der Waals surface area contributed by atoms with Crippen molar-refractivity contribution in [3.63, 3.8) is 0 Å². The van der Waals surface area contributed by atoms with Gasteiger partial charge in [-0.15, -0.1) is 11.3 Å². The van der Waals surface area contributed by atoms with Crippen molar-refractivity contribution < 1.29 is 24.2 Å². The molecule has 0 aliphatic carbocycles. The average Bonchev–Trinajstić information content (AvgIpc) is 3.08. The van der Waals surface area contributed by atoms with Gasteiger partial charge in [0.05, 0.1) is 22.5 Å². The van der Waals surface area contributed by atoms with E-state index >= 15 is 0 Å². The Labute approximate surface area is 185 Å². The van der Waals surface area contributed by atoms with Crippen LogP contribution in [-0.2, 0) is 4.74 Å². The molecule has 1 N–H and O–H groups in total. The first-order valence-electron chi connectivity index (χ1n) is 9.17. The zero-order valence-corrected chi connectivity index (χ0v) is 18.0. The number of nitro benzene ring substituents is 2. The fourth-order valence-corrected chi connectivity index (χ4v) is 4.31. The highest BCUT2D eigenvalue weighted by molar-refractivity contribution is 7.17. The van der Waals surface area contributed by atoms with Crippen molar-refractivity contribution in [2.24, 2.45) is 0 Å². The van der Waals surface area contributed by atoms with Gasteiger partial charge in [-0.1, -0.05) is 30.3 Å². The number of hydrogen-bond donors (Lipinski definition) is 1. The third-order valence-electron chi connectivity index (χ3n) is 4.77. The number of nitro groups is 2. The van der Waals surface area contributed by atoms with Crippen LogP contribution in [0, 0.1) is 34.1 Å². The summed E-state index contributed by atoms with van der Waals surface area (Å²) in [5, 5.41) is 25.3. The predicted octanol–water partition coefficient (Wildman–Crippen LogP) is 4.89. The second-order valence-corrected chi connectivity index (χ2v) is 7.93. The molecule has 32 heavy (non-hydrogen) atoms. The molecule has 0 fully saturated rings. The van der Waals surface area contributed by atoms with Gasteiger partial charge in [-0.3, -0.25) is 25.0 Å². The number of methoxy groups -OCH3 is 1. The number of benzene rings is 2. The first-order valence-corrected chi connectivity index (χ1v) is 9.99. The van der Waals surface area contributed by atoms with Gasteiger partial charge in [0.1, 0.15) is 16.1 Å². The molecule has 0 unspecified atom stereocenters. The minimum absolute atomic E-state index is 0.130.